The third-order valence-electron chi connectivity index (χ3n) is 1.60. The van der Waals surface area contributed by atoms with Gasteiger partial charge in [-0.2, -0.15) is 5.10 Å². The van der Waals surface area contributed by atoms with Gasteiger partial charge < -0.3 is 0 Å². The van der Waals surface area contributed by atoms with Gasteiger partial charge in [-0.15, -0.1) is 0 Å². The van der Waals surface area contributed by atoms with Crippen molar-refractivity contribution >= 4 is 5.57 Å². The Morgan fingerprint density at radius 3 is 3.10 bits per heavy atom. The monoisotopic (exact) mass is 132 g/mol. The van der Waals surface area contributed by atoms with E-state index >= 15 is 0 Å². The van der Waals surface area contributed by atoms with Gasteiger partial charge in [-0.1, -0.05) is 18.2 Å². The summed E-state index contributed by atoms with van der Waals surface area (Å²) in [6, 6.07) is 1.98. The van der Waals surface area contributed by atoms with Crippen LogP contribution in [0.15, 0.2) is 30.5 Å². The van der Waals surface area contributed by atoms with Crippen LogP contribution in [0.1, 0.15) is 12.1 Å². The molecule has 0 amide bonds. The van der Waals surface area contributed by atoms with Crippen molar-refractivity contribution in [2.75, 3.05) is 0 Å². The number of hydrogen-bond donors (Lipinski definition) is 1. The molecule has 2 rings (SSSR count). The summed E-state index contributed by atoms with van der Waals surface area (Å²) in [6.45, 7) is 0. The van der Waals surface area contributed by atoms with Crippen molar-refractivity contribution in [2.24, 2.45) is 0 Å². The molecule has 0 aliphatic heterocycles. The largest absolute Gasteiger partial charge is 0.285 e. The van der Waals surface area contributed by atoms with Crippen molar-refractivity contribution in [3.63, 3.8) is 0 Å². The summed E-state index contributed by atoms with van der Waals surface area (Å²) < 4.78 is 0. The first kappa shape index (κ1) is 5.47. The van der Waals surface area contributed by atoms with Crippen LogP contribution < -0.4 is 0 Å². The first-order valence-corrected chi connectivity index (χ1v) is 3.33. The molecule has 50 valence electrons. The van der Waals surface area contributed by atoms with Crippen LogP contribution in [0.4, 0.5) is 0 Å². The Balaban J connectivity index is 2.30. The summed E-state index contributed by atoms with van der Waals surface area (Å²) >= 11 is 0. The van der Waals surface area contributed by atoms with E-state index in [4.69, 9.17) is 0 Å². The number of hydrogen-bond acceptors (Lipinski definition) is 1. The summed E-state index contributed by atoms with van der Waals surface area (Å²) in [7, 11) is 0. The summed E-state index contributed by atoms with van der Waals surface area (Å²) in [5.41, 5.74) is 2.35. The van der Waals surface area contributed by atoms with E-state index in [2.05, 4.69) is 28.4 Å². The Bertz CT molecular complexity index is 267. The first-order valence-electron chi connectivity index (χ1n) is 3.33. The zero-order valence-electron chi connectivity index (χ0n) is 5.54. The fourth-order valence-corrected chi connectivity index (χ4v) is 1.08. The van der Waals surface area contributed by atoms with Gasteiger partial charge in [0.2, 0.25) is 0 Å². The van der Waals surface area contributed by atoms with Crippen LogP contribution in [0.2, 0.25) is 0 Å². The van der Waals surface area contributed by atoms with Crippen molar-refractivity contribution in [1.29, 1.82) is 0 Å². The van der Waals surface area contributed by atoms with E-state index in [-0.39, 0.29) is 0 Å². The van der Waals surface area contributed by atoms with Crippen LogP contribution >= 0.6 is 0 Å². The molecule has 0 radical (unpaired) electrons. The predicted molar refractivity (Wildman–Crippen MR) is 40.3 cm³/mol. The van der Waals surface area contributed by atoms with Crippen molar-refractivity contribution in [2.45, 2.75) is 6.42 Å². The van der Waals surface area contributed by atoms with Gasteiger partial charge in [0.25, 0.3) is 0 Å². The van der Waals surface area contributed by atoms with E-state index in [1.165, 1.54) is 5.57 Å². The van der Waals surface area contributed by atoms with Gasteiger partial charge in [-0.3, -0.25) is 5.10 Å². The highest BCUT2D eigenvalue weighted by Crippen LogP contribution is 2.19. The minimum Gasteiger partial charge on any atom is -0.285 e. The molecule has 1 N–H and O–H groups in total. The van der Waals surface area contributed by atoms with Gasteiger partial charge in [0.15, 0.2) is 0 Å². The quantitative estimate of drug-likeness (QED) is 0.619. The lowest BCUT2D eigenvalue weighted by Gasteiger charge is -1.91. The van der Waals surface area contributed by atoms with E-state index in [0.717, 1.165) is 12.1 Å². The number of aromatic nitrogens is 2. The zero-order valence-corrected chi connectivity index (χ0v) is 5.54. The lowest BCUT2D eigenvalue weighted by molar-refractivity contribution is 1.07. The standard InChI is InChI=1S/C8H8N2/c1-2-4-7(3-1)8-5-6-9-10-8/h1-3,5-6H,4H2,(H,9,10). The molecule has 0 fully saturated rings. The maximum absolute atomic E-state index is 4.06. The molecule has 1 aliphatic rings. The third-order valence-corrected chi connectivity index (χ3v) is 1.60. The van der Waals surface area contributed by atoms with E-state index in [1.54, 1.807) is 0 Å². The molecule has 1 aliphatic carbocycles. The molecule has 0 saturated carbocycles. The second-order valence-electron chi connectivity index (χ2n) is 2.28. The lowest BCUT2D eigenvalue weighted by atomic mass is 10.2. The highest BCUT2D eigenvalue weighted by Gasteiger charge is 2.02. The number of rotatable bonds is 1. The minimum atomic E-state index is 1.02. The minimum absolute atomic E-state index is 1.02. The molecule has 0 aromatic carbocycles. The molecular weight excluding hydrogens is 124 g/mol. The molecule has 0 unspecified atom stereocenters. The normalized spacial score (nSPS) is 15.8. The third kappa shape index (κ3) is 0.778. The van der Waals surface area contributed by atoms with Crippen LogP contribution in [-0.4, -0.2) is 10.2 Å². The molecule has 0 spiro atoms. The van der Waals surface area contributed by atoms with Gasteiger partial charge in [-0.25, -0.2) is 0 Å². The van der Waals surface area contributed by atoms with Crippen LogP contribution in [0.25, 0.3) is 5.57 Å². The SMILES string of the molecule is C1=CCC(c2cc[nH]n2)=C1. The van der Waals surface area contributed by atoms with Crippen LogP contribution in [-0.2, 0) is 0 Å². The Labute approximate surface area is 59.3 Å². The topological polar surface area (TPSA) is 28.7 Å². The van der Waals surface area contributed by atoms with Gasteiger partial charge in [0.05, 0.1) is 5.69 Å². The van der Waals surface area contributed by atoms with Gasteiger partial charge >= 0.3 is 0 Å². The molecular formula is C8H8N2. The molecule has 0 bridgehead atoms. The maximum Gasteiger partial charge on any atom is 0.0883 e. The Morgan fingerprint density at radius 1 is 1.50 bits per heavy atom. The molecule has 2 heteroatoms. The molecule has 10 heavy (non-hydrogen) atoms. The predicted octanol–water partition coefficient (Wildman–Crippen LogP) is 1.75. The first-order chi connectivity index (χ1) is 4.97. The van der Waals surface area contributed by atoms with Gasteiger partial charge in [0, 0.05) is 6.20 Å². The fraction of sp³-hybridized carbons (Fsp3) is 0.125. The van der Waals surface area contributed by atoms with Crippen molar-refractivity contribution < 1.29 is 0 Å². The summed E-state index contributed by atoms with van der Waals surface area (Å²) in [4.78, 5) is 0. The van der Waals surface area contributed by atoms with E-state index in [9.17, 15) is 0 Å². The highest BCUT2D eigenvalue weighted by atomic mass is 15.1. The van der Waals surface area contributed by atoms with E-state index < -0.39 is 0 Å². The van der Waals surface area contributed by atoms with Crippen molar-refractivity contribution in [3.05, 3.63) is 36.2 Å². The van der Waals surface area contributed by atoms with Crippen LogP contribution in [0.5, 0.6) is 0 Å². The molecule has 1 heterocycles. The number of nitrogens with one attached hydrogen (secondary N) is 1. The summed E-state index contributed by atoms with van der Waals surface area (Å²) in [5.74, 6) is 0. The average Bonchev–Trinajstić information content (AvgIpc) is 2.59. The van der Waals surface area contributed by atoms with Crippen molar-refractivity contribution in [3.8, 4) is 0 Å². The molecule has 1 aromatic rings. The Kier molecular flexibility index (Phi) is 1.17. The van der Waals surface area contributed by atoms with Crippen molar-refractivity contribution in [1.82, 2.24) is 10.2 Å². The average molecular weight is 132 g/mol. The molecule has 0 saturated heterocycles. The maximum atomic E-state index is 4.06. The second-order valence-corrected chi connectivity index (χ2v) is 2.28. The smallest absolute Gasteiger partial charge is 0.0883 e. The van der Waals surface area contributed by atoms with Crippen LogP contribution in [0, 0.1) is 0 Å². The Hall–Kier alpha value is -1.31. The molecule has 1 aromatic heterocycles. The molecule has 2 nitrogen and oxygen atoms in total. The highest BCUT2D eigenvalue weighted by molar-refractivity contribution is 5.67. The van der Waals surface area contributed by atoms with Gasteiger partial charge in [-0.05, 0) is 18.1 Å². The summed E-state index contributed by atoms with van der Waals surface area (Å²) in [6.07, 6.45) is 9.14. The molecule has 0 atom stereocenters. The number of H-pyrrole nitrogens is 1. The Morgan fingerprint density at radius 2 is 2.50 bits per heavy atom. The number of aromatic amines is 1. The lowest BCUT2D eigenvalue weighted by Crippen LogP contribution is -1.79. The number of allylic oxidation sites excluding steroid dienone is 4. The zero-order chi connectivity index (χ0) is 6.81. The van der Waals surface area contributed by atoms with Crippen LogP contribution in [0.3, 0.4) is 0 Å². The fourth-order valence-electron chi connectivity index (χ4n) is 1.08. The second kappa shape index (κ2) is 2.14. The van der Waals surface area contributed by atoms with E-state index in [0.29, 0.717) is 0 Å². The summed E-state index contributed by atoms with van der Waals surface area (Å²) in [5, 5.41) is 6.85. The van der Waals surface area contributed by atoms with Gasteiger partial charge in [0.1, 0.15) is 0 Å². The van der Waals surface area contributed by atoms with E-state index in [1.807, 2.05) is 12.3 Å². The number of nitrogens with zero attached hydrogens (tertiary/aromatic N) is 1.